The summed E-state index contributed by atoms with van der Waals surface area (Å²) in [6.07, 6.45) is 16.9. The molecular weight excluding hydrogens is 156 g/mol. The molecule has 1 aliphatic carbocycles. The number of hydrogen-bond donors (Lipinski definition) is 0. The molecule has 0 nitrogen and oxygen atoms in total. The molecule has 0 atom stereocenters. The highest BCUT2D eigenvalue weighted by Crippen LogP contribution is 2.21. The van der Waals surface area contributed by atoms with Crippen molar-refractivity contribution in [1.29, 1.82) is 0 Å². The number of hydrogen-bond acceptors (Lipinski definition) is 0. The minimum atomic E-state index is 0.915. The fourth-order valence-electron chi connectivity index (χ4n) is 2.06. The third-order valence-electron chi connectivity index (χ3n) is 3.04. The lowest BCUT2D eigenvalue weighted by Gasteiger charge is -2.13. The Labute approximate surface area is 83.4 Å². The van der Waals surface area contributed by atoms with Gasteiger partial charge in [0.1, 0.15) is 0 Å². The fraction of sp³-hybridized carbons (Fsp3) is 0.769. The van der Waals surface area contributed by atoms with Crippen LogP contribution in [-0.2, 0) is 0 Å². The Morgan fingerprint density at radius 2 is 1.46 bits per heavy atom. The first kappa shape index (κ1) is 10.8. The second kappa shape index (κ2) is 7.17. The molecule has 0 aromatic rings. The first-order valence-electron chi connectivity index (χ1n) is 5.87. The van der Waals surface area contributed by atoms with Crippen LogP contribution in [0.25, 0.3) is 0 Å². The fourth-order valence-corrected chi connectivity index (χ4v) is 2.06. The van der Waals surface area contributed by atoms with E-state index < -0.39 is 0 Å². The molecule has 1 rings (SSSR count). The molecule has 0 amide bonds. The molecule has 0 aromatic heterocycles. The summed E-state index contributed by atoms with van der Waals surface area (Å²) in [6, 6.07) is 0. The van der Waals surface area contributed by atoms with E-state index >= 15 is 0 Å². The SMILES string of the molecule is [CH2]CC1CCCC/C=C\CCCC1. The van der Waals surface area contributed by atoms with E-state index in [9.17, 15) is 0 Å². The first-order valence-corrected chi connectivity index (χ1v) is 5.87. The van der Waals surface area contributed by atoms with Crippen LogP contribution >= 0.6 is 0 Å². The molecule has 0 saturated carbocycles. The van der Waals surface area contributed by atoms with Crippen LogP contribution < -0.4 is 0 Å². The summed E-state index contributed by atoms with van der Waals surface area (Å²) < 4.78 is 0. The van der Waals surface area contributed by atoms with Gasteiger partial charge in [-0.3, -0.25) is 0 Å². The molecule has 0 fully saturated rings. The lowest BCUT2D eigenvalue weighted by molar-refractivity contribution is 0.418. The van der Waals surface area contributed by atoms with Gasteiger partial charge in [-0.15, -0.1) is 0 Å². The summed E-state index contributed by atoms with van der Waals surface area (Å²) in [4.78, 5) is 0. The largest absolute Gasteiger partial charge is 0.0885 e. The highest BCUT2D eigenvalue weighted by Gasteiger charge is 2.05. The lowest BCUT2D eigenvalue weighted by atomic mass is 9.93. The third kappa shape index (κ3) is 5.13. The van der Waals surface area contributed by atoms with E-state index in [0.29, 0.717) is 0 Å². The predicted octanol–water partition coefficient (Wildman–Crippen LogP) is 4.52. The van der Waals surface area contributed by atoms with Crippen LogP contribution in [0.1, 0.15) is 57.8 Å². The van der Waals surface area contributed by atoms with Crippen molar-refractivity contribution in [3.63, 3.8) is 0 Å². The molecule has 0 N–H and O–H groups in total. The Balaban J connectivity index is 2.25. The smallest absolute Gasteiger partial charge is 0.0351 e. The number of rotatable bonds is 1. The average Bonchev–Trinajstić information content (AvgIpc) is 2.22. The summed E-state index contributed by atoms with van der Waals surface area (Å²) in [5, 5.41) is 0. The maximum absolute atomic E-state index is 4.04. The minimum absolute atomic E-state index is 0.915. The van der Waals surface area contributed by atoms with Crippen molar-refractivity contribution in [2.75, 3.05) is 0 Å². The van der Waals surface area contributed by atoms with Crippen LogP contribution in [0.5, 0.6) is 0 Å². The summed E-state index contributed by atoms with van der Waals surface area (Å²) >= 11 is 0. The minimum Gasteiger partial charge on any atom is -0.0885 e. The molecule has 13 heavy (non-hydrogen) atoms. The molecule has 1 radical (unpaired) electrons. The van der Waals surface area contributed by atoms with Gasteiger partial charge in [0.05, 0.1) is 0 Å². The van der Waals surface area contributed by atoms with Crippen LogP contribution in [0.15, 0.2) is 12.2 Å². The molecule has 0 spiro atoms. The van der Waals surface area contributed by atoms with Crippen LogP contribution in [-0.4, -0.2) is 0 Å². The molecular formula is C13H23. The zero-order chi connectivity index (χ0) is 9.36. The Hall–Kier alpha value is -0.260. The third-order valence-corrected chi connectivity index (χ3v) is 3.04. The van der Waals surface area contributed by atoms with Gasteiger partial charge in [0.25, 0.3) is 0 Å². The zero-order valence-electron chi connectivity index (χ0n) is 8.80. The Kier molecular flexibility index (Phi) is 5.97. The van der Waals surface area contributed by atoms with E-state index in [-0.39, 0.29) is 0 Å². The van der Waals surface area contributed by atoms with Crippen molar-refractivity contribution in [1.82, 2.24) is 0 Å². The zero-order valence-corrected chi connectivity index (χ0v) is 8.80. The lowest BCUT2D eigenvalue weighted by Crippen LogP contribution is -1.98. The molecule has 0 aliphatic heterocycles. The molecule has 0 unspecified atom stereocenters. The monoisotopic (exact) mass is 179 g/mol. The van der Waals surface area contributed by atoms with Crippen LogP contribution in [0.3, 0.4) is 0 Å². The molecule has 0 aromatic carbocycles. The van der Waals surface area contributed by atoms with E-state index in [1.807, 2.05) is 0 Å². The standard InChI is InChI=1S/C13H23/c1-2-13-11-9-7-5-3-4-6-8-10-12-13/h3-4,13H,1-2,5-12H2/b4-3-. The first-order chi connectivity index (χ1) is 6.43. The van der Waals surface area contributed by atoms with Gasteiger partial charge in [-0.05, 0) is 31.6 Å². The second-order valence-electron chi connectivity index (χ2n) is 4.20. The van der Waals surface area contributed by atoms with Gasteiger partial charge in [-0.2, -0.15) is 0 Å². The number of allylic oxidation sites excluding steroid dienone is 2. The topological polar surface area (TPSA) is 0 Å². The maximum Gasteiger partial charge on any atom is -0.0351 e. The van der Waals surface area contributed by atoms with Gasteiger partial charge >= 0.3 is 0 Å². The van der Waals surface area contributed by atoms with Gasteiger partial charge in [-0.1, -0.05) is 51.2 Å². The van der Waals surface area contributed by atoms with Gasteiger partial charge in [-0.25, -0.2) is 0 Å². The van der Waals surface area contributed by atoms with E-state index in [4.69, 9.17) is 0 Å². The molecule has 0 saturated heterocycles. The van der Waals surface area contributed by atoms with Crippen molar-refractivity contribution in [3.05, 3.63) is 19.1 Å². The molecule has 1 aliphatic rings. The quantitative estimate of drug-likeness (QED) is 0.519. The van der Waals surface area contributed by atoms with E-state index in [1.54, 1.807) is 0 Å². The summed E-state index contributed by atoms with van der Waals surface area (Å²) in [5.41, 5.74) is 0. The van der Waals surface area contributed by atoms with Crippen molar-refractivity contribution in [3.8, 4) is 0 Å². The van der Waals surface area contributed by atoms with Crippen molar-refractivity contribution < 1.29 is 0 Å². The van der Waals surface area contributed by atoms with E-state index in [2.05, 4.69) is 19.1 Å². The Morgan fingerprint density at radius 1 is 0.923 bits per heavy atom. The summed E-state index contributed by atoms with van der Waals surface area (Å²) in [6.45, 7) is 4.04. The Morgan fingerprint density at radius 3 is 1.92 bits per heavy atom. The van der Waals surface area contributed by atoms with Crippen molar-refractivity contribution in [2.24, 2.45) is 5.92 Å². The summed E-state index contributed by atoms with van der Waals surface area (Å²) in [5.74, 6) is 0.915. The highest BCUT2D eigenvalue weighted by atomic mass is 14.1. The van der Waals surface area contributed by atoms with Gasteiger partial charge in [0.2, 0.25) is 0 Å². The normalized spacial score (nSPS) is 25.0. The molecule has 0 bridgehead atoms. The predicted molar refractivity (Wildman–Crippen MR) is 59.5 cm³/mol. The highest BCUT2D eigenvalue weighted by molar-refractivity contribution is 4.82. The summed E-state index contributed by atoms with van der Waals surface area (Å²) in [7, 11) is 0. The Bertz CT molecular complexity index is 121. The van der Waals surface area contributed by atoms with Crippen LogP contribution in [0.4, 0.5) is 0 Å². The van der Waals surface area contributed by atoms with Crippen LogP contribution in [0, 0.1) is 12.8 Å². The van der Waals surface area contributed by atoms with Gasteiger partial charge in [0.15, 0.2) is 0 Å². The maximum atomic E-state index is 4.04. The van der Waals surface area contributed by atoms with E-state index in [0.717, 1.165) is 12.3 Å². The van der Waals surface area contributed by atoms with Gasteiger partial charge < -0.3 is 0 Å². The van der Waals surface area contributed by atoms with E-state index in [1.165, 1.54) is 51.4 Å². The van der Waals surface area contributed by atoms with Crippen molar-refractivity contribution in [2.45, 2.75) is 57.8 Å². The van der Waals surface area contributed by atoms with Gasteiger partial charge in [0, 0.05) is 0 Å². The molecule has 75 valence electrons. The second-order valence-corrected chi connectivity index (χ2v) is 4.20. The average molecular weight is 179 g/mol. The molecule has 0 heterocycles. The van der Waals surface area contributed by atoms with Crippen LogP contribution in [0.2, 0.25) is 0 Å². The molecule has 0 heteroatoms. The van der Waals surface area contributed by atoms with Crippen molar-refractivity contribution >= 4 is 0 Å².